The summed E-state index contributed by atoms with van der Waals surface area (Å²) >= 11 is 0. The molecule has 1 aliphatic heterocycles. The van der Waals surface area contributed by atoms with Crippen molar-refractivity contribution in [3.63, 3.8) is 0 Å². The van der Waals surface area contributed by atoms with Gasteiger partial charge in [0.05, 0.1) is 0 Å². The Labute approximate surface area is 168 Å². The van der Waals surface area contributed by atoms with Gasteiger partial charge in [0.2, 0.25) is 11.8 Å². The third-order valence-corrected chi connectivity index (χ3v) is 5.52. The van der Waals surface area contributed by atoms with Gasteiger partial charge in [-0.05, 0) is 51.2 Å². The second-order valence-electron chi connectivity index (χ2n) is 7.71. The maximum atomic E-state index is 12.9. The summed E-state index contributed by atoms with van der Waals surface area (Å²) in [5.41, 5.74) is 1.56. The van der Waals surface area contributed by atoms with Gasteiger partial charge in [0, 0.05) is 31.1 Å². The maximum absolute atomic E-state index is 12.9. The Morgan fingerprint density at radius 3 is 2.39 bits per heavy atom. The molecule has 2 unspecified atom stereocenters. The minimum atomic E-state index is -0.596. The SMILES string of the molecule is CCC(=O)N1CCC(C(NC(=O)c2cccc(C)c2)C(=O)NC(C)CC)CC1. The molecule has 6 heteroatoms. The predicted octanol–water partition coefficient (Wildman–Crippen LogP) is 2.66. The summed E-state index contributed by atoms with van der Waals surface area (Å²) in [7, 11) is 0. The Morgan fingerprint density at radius 2 is 1.82 bits per heavy atom. The van der Waals surface area contributed by atoms with Gasteiger partial charge in [-0.2, -0.15) is 0 Å². The van der Waals surface area contributed by atoms with Crippen molar-refractivity contribution in [1.82, 2.24) is 15.5 Å². The fourth-order valence-electron chi connectivity index (χ4n) is 3.55. The summed E-state index contributed by atoms with van der Waals surface area (Å²) in [5, 5.41) is 5.97. The molecule has 0 radical (unpaired) electrons. The molecule has 1 aromatic carbocycles. The molecule has 2 rings (SSSR count). The summed E-state index contributed by atoms with van der Waals surface area (Å²) in [6.07, 6.45) is 2.73. The minimum Gasteiger partial charge on any atom is -0.352 e. The van der Waals surface area contributed by atoms with E-state index in [-0.39, 0.29) is 29.7 Å². The van der Waals surface area contributed by atoms with E-state index in [9.17, 15) is 14.4 Å². The molecule has 154 valence electrons. The molecule has 1 aliphatic rings. The Bertz CT molecular complexity index is 696. The summed E-state index contributed by atoms with van der Waals surface area (Å²) in [4.78, 5) is 39.5. The standard InChI is InChI=1S/C22H33N3O3/c1-5-16(4)23-22(28)20(17-10-12-25(13-11-17)19(26)6-2)24-21(27)18-9-7-8-15(3)14-18/h7-9,14,16-17,20H,5-6,10-13H2,1-4H3,(H,23,28)(H,24,27). The first-order valence-electron chi connectivity index (χ1n) is 10.3. The lowest BCUT2D eigenvalue weighted by Crippen LogP contribution is -2.55. The molecule has 0 saturated carbocycles. The van der Waals surface area contributed by atoms with Gasteiger partial charge in [-0.1, -0.05) is 31.5 Å². The lowest BCUT2D eigenvalue weighted by Gasteiger charge is -2.36. The van der Waals surface area contributed by atoms with Crippen LogP contribution in [-0.2, 0) is 9.59 Å². The van der Waals surface area contributed by atoms with Gasteiger partial charge in [-0.25, -0.2) is 0 Å². The number of carbonyl (C=O) groups excluding carboxylic acids is 3. The average molecular weight is 388 g/mol. The van der Waals surface area contributed by atoms with Gasteiger partial charge in [0.1, 0.15) is 6.04 Å². The Morgan fingerprint density at radius 1 is 1.14 bits per heavy atom. The number of hydrogen-bond acceptors (Lipinski definition) is 3. The highest BCUT2D eigenvalue weighted by atomic mass is 16.2. The van der Waals surface area contributed by atoms with Crippen LogP contribution in [0, 0.1) is 12.8 Å². The quantitative estimate of drug-likeness (QED) is 0.755. The van der Waals surface area contributed by atoms with Crippen LogP contribution >= 0.6 is 0 Å². The highest BCUT2D eigenvalue weighted by Crippen LogP contribution is 2.22. The zero-order valence-corrected chi connectivity index (χ0v) is 17.5. The smallest absolute Gasteiger partial charge is 0.251 e. The van der Waals surface area contributed by atoms with E-state index >= 15 is 0 Å². The summed E-state index contributed by atoms with van der Waals surface area (Å²) in [6, 6.07) is 6.81. The Hall–Kier alpha value is -2.37. The number of aryl methyl sites for hydroxylation is 1. The Balaban J connectivity index is 2.12. The first-order chi connectivity index (χ1) is 13.3. The summed E-state index contributed by atoms with van der Waals surface area (Å²) < 4.78 is 0. The van der Waals surface area contributed by atoms with E-state index in [0.29, 0.717) is 37.9 Å². The van der Waals surface area contributed by atoms with Gasteiger partial charge in [-0.15, -0.1) is 0 Å². The molecule has 2 N–H and O–H groups in total. The number of carbonyl (C=O) groups is 3. The van der Waals surface area contributed by atoms with E-state index in [1.165, 1.54) is 0 Å². The van der Waals surface area contributed by atoms with E-state index in [1.54, 1.807) is 6.07 Å². The van der Waals surface area contributed by atoms with Crippen molar-refractivity contribution < 1.29 is 14.4 Å². The van der Waals surface area contributed by atoms with Crippen molar-refractivity contribution in [2.24, 2.45) is 5.92 Å². The van der Waals surface area contributed by atoms with Crippen LogP contribution in [0.2, 0.25) is 0 Å². The van der Waals surface area contributed by atoms with Crippen LogP contribution in [0.1, 0.15) is 62.4 Å². The fourth-order valence-corrected chi connectivity index (χ4v) is 3.55. The molecule has 1 saturated heterocycles. The lowest BCUT2D eigenvalue weighted by atomic mass is 9.88. The number of piperidine rings is 1. The maximum Gasteiger partial charge on any atom is 0.251 e. The normalized spacial score (nSPS) is 16.9. The van der Waals surface area contributed by atoms with E-state index in [1.807, 2.05) is 50.8 Å². The molecule has 28 heavy (non-hydrogen) atoms. The van der Waals surface area contributed by atoms with Crippen molar-refractivity contribution in [1.29, 1.82) is 0 Å². The van der Waals surface area contributed by atoms with Crippen LogP contribution in [0.15, 0.2) is 24.3 Å². The first kappa shape index (κ1) is 21.9. The van der Waals surface area contributed by atoms with Crippen LogP contribution in [0.3, 0.4) is 0 Å². The molecule has 1 aromatic rings. The largest absolute Gasteiger partial charge is 0.352 e. The average Bonchev–Trinajstić information content (AvgIpc) is 2.71. The Kier molecular flexibility index (Phi) is 8.03. The topological polar surface area (TPSA) is 78.5 Å². The monoisotopic (exact) mass is 387 g/mol. The molecule has 3 amide bonds. The zero-order valence-electron chi connectivity index (χ0n) is 17.5. The highest BCUT2D eigenvalue weighted by molar-refractivity contribution is 5.97. The number of benzene rings is 1. The third kappa shape index (κ3) is 5.81. The molecule has 0 aliphatic carbocycles. The second kappa shape index (κ2) is 10.2. The molecule has 2 atom stereocenters. The molecule has 0 bridgehead atoms. The zero-order chi connectivity index (χ0) is 20.7. The van der Waals surface area contributed by atoms with E-state index in [4.69, 9.17) is 0 Å². The van der Waals surface area contributed by atoms with Gasteiger partial charge in [-0.3, -0.25) is 14.4 Å². The predicted molar refractivity (Wildman–Crippen MR) is 110 cm³/mol. The molecule has 0 aromatic heterocycles. The molecular weight excluding hydrogens is 354 g/mol. The van der Waals surface area contributed by atoms with Crippen molar-refractivity contribution in [2.75, 3.05) is 13.1 Å². The lowest BCUT2D eigenvalue weighted by molar-refractivity contribution is -0.132. The molecule has 6 nitrogen and oxygen atoms in total. The van der Waals surface area contributed by atoms with Gasteiger partial charge in [0.15, 0.2) is 0 Å². The summed E-state index contributed by atoms with van der Waals surface area (Å²) in [6.45, 7) is 9.03. The number of rotatable bonds is 7. The van der Waals surface area contributed by atoms with Crippen LogP contribution in [-0.4, -0.2) is 47.8 Å². The van der Waals surface area contributed by atoms with Crippen LogP contribution in [0.25, 0.3) is 0 Å². The van der Waals surface area contributed by atoms with Crippen molar-refractivity contribution >= 4 is 17.7 Å². The fraction of sp³-hybridized carbons (Fsp3) is 0.591. The molecular formula is C22H33N3O3. The van der Waals surface area contributed by atoms with Gasteiger partial charge >= 0.3 is 0 Å². The van der Waals surface area contributed by atoms with Gasteiger partial charge in [0.25, 0.3) is 5.91 Å². The number of nitrogens with one attached hydrogen (secondary N) is 2. The first-order valence-corrected chi connectivity index (χ1v) is 10.3. The number of amides is 3. The molecule has 0 spiro atoms. The summed E-state index contributed by atoms with van der Waals surface area (Å²) in [5.74, 6) is -0.225. The van der Waals surface area contributed by atoms with E-state index in [2.05, 4.69) is 10.6 Å². The van der Waals surface area contributed by atoms with Gasteiger partial charge < -0.3 is 15.5 Å². The highest BCUT2D eigenvalue weighted by Gasteiger charge is 2.34. The number of nitrogens with zero attached hydrogens (tertiary/aromatic N) is 1. The number of hydrogen-bond donors (Lipinski definition) is 2. The number of likely N-dealkylation sites (tertiary alicyclic amines) is 1. The van der Waals surface area contributed by atoms with Crippen molar-refractivity contribution in [3.05, 3.63) is 35.4 Å². The van der Waals surface area contributed by atoms with Crippen molar-refractivity contribution in [2.45, 2.75) is 65.5 Å². The van der Waals surface area contributed by atoms with Crippen LogP contribution < -0.4 is 10.6 Å². The van der Waals surface area contributed by atoms with Crippen LogP contribution in [0.4, 0.5) is 0 Å². The molecule has 1 fully saturated rings. The molecule has 1 heterocycles. The van der Waals surface area contributed by atoms with Crippen LogP contribution in [0.5, 0.6) is 0 Å². The third-order valence-electron chi connectivity index (χ3n) is 5.52. The van der Waals surface area contributed by atoms with Crippen molar-refractivity contribution in [3.8, 4) is 0 Å². The second-order valence-corrected chi connectivity index (χ2v) is 7.71. The van der Waals surface area contributed by atoms with E-state index in [0.717, 1.165) is 12.0 Å². The minimum absolute atomic E-state index is 0.0127. The van der Waals surface area contributed by atoms with E-state index < -0.39 is 6.04 Å².